The number of aryl methyl sites for hydroxylation is 3. The lowest BCUT2D eigenvalue weighted by atomic mass is 10.1. The molecule has 0 aliphatic heterocycles. The predicted molar refractivity (Wildman–Crippen MR) is 80.4 cm³/mol. The highest BCUT2D eigenvalue weighted by Gasteiger charge is 2.08. The van der Waals surface area contributed by atoms with Crippen LogP contribution >= 0.6 is 31.9 Å². The highest BCUT2D eigenvalue weighted by atomic mass is 79.9. The molecule has 0 aliphatic rings. The van der Waals surface area contributed by atoms with Crippen LogP contribution in [0.5, 0.6) is 11.6 Å². The molecule has 0 unspecified atom stereocenters. The van der Waals surface area contributed by atoms with Crippen LogP contribution in [-0.2, 0) is 0 Å². The van der Waals surface area contributed by atoms with Crippen molar-refractivity contribution < 1.29 is 4.74 Å². The van der Waals surface area contributed by atoms with E-state index in [4.69, 9.17) is 4.74 Å². The molecule has 0 saturated heterocycles. The monoisotopic (exact) mass is 369 g/mol. The lowest BCUT2D eigenvalue weighted by Gasteiger charge is -2.11. The van der Waals surface area contributed by atoms with Crippen LogP contribution in [0.15, 0.2) is 33.3 Å². The van der Waals surface area contributed by atoms with Gasteiger partial charge in [0, 0.05) is 10.7 Å². The van der Waals surface area contributed by atoms with Crippen LogP contribution in [0, 0.1) is 20.8 Å². The molecule has 94 valence electrons. The van der Waals surface area contributed by atoms with Crippen LogP contribution in [0.1, 0.15) is 16.7 Å². The first-order valence-corrected chi connectivity index (χ1v) is 7.13. The van der Waals surface area contributed by atoms with Crippen LogP contribution in [0.25, 0.3) is 0 Å². The van der Waals surface area contributed by atoms with Gasteiger partial charge in [0.1, 0.15) is 5.75 Å². The molecule has 0 saturated carbocycles. The van der Waals surface area contributed by atoms with E-state index in [1.54, 1.807) is 6.20 Å². The average Bonchev–Trinajstić information content (AvgIpc) is 2.32. The zero-order chi connectivity index (χ0) is 13.3. The second kappa shape index (κ2) is 5.41. The van der Waals surface area contributed by atoms with E-state index >= 15 is 0 Å². The normalized spacial score (nSPS) is 10.5. The molecule has 0 amide bonds. The Morgan fingerprint density at radius 1 is 0.944 bits per heavy atom. The van der Waals surface area contributed by atoms with Gasteiger partial charge in [-0.05, 0) is 71.6 Å². The van der Waals surface area contributed by atoms with Gasteiger partial charge in [0.05, 0.1) is 4.47 Å². The number of hydrogen-bond donors (Lipinski definition) is 0. The van der Waals surface area contributed by atoms with Gasteiger partial charge in [0.2, 0.25) is 5.88 Å². The molecule has 18 heavy (non-hydrogen) atoms. The minimum absolute atomic E-state index is 0.594. The summed E-state index contributed by atoms with van der Waals surface area (Å²) in [5, 5.41) is 0. The van der Waals surface area contributed by atoms with E-state index in [-0.39, 0.29) is 0 Å². The van der Waals surface area contributed by atoms with Crippen molar-refractivity contribution in [3.05, 3.63) is 50.0 Å². The summed E-state index contributed by atoms with van der Waals surface area (Å²) in [6, 6.07) is 5.93. The molecular weight excluding hydrogens is 358 g/mol. The third-order valence-electron chi connectivity index (χ3n) is 2.67. The van der Waals surface area contributed by atoms with Crippen molar-refractivity contribution in [1.29, 1.82) is 0 Å². The van der Waals surface area contributed by atoms with Crippen molar-refractivity contribution in [1.82, 2.24) is 4.98 Å². The summed E-state index contributed by atoms with van der Waals surface area (Å²) in [4.78, 5) is 4.24. The largest absolute Gasteiger partial charge is 0.438 e. The number of ether oxygens (including phenoxy) is 1. The fraction of sp³-hybridized carbons (Fsp3) is 0.214. The second-order valence-electron chi connectivity index (χ2n) is 4.22. The number of nitrogens with zero attached hydrogens (tertiary/aromatic N) is 1. The van der Waals surface area contributed by atoms with Gasteiger partial charge in [0.25, 0.3) is 0 Å². The second-order valence-corrected chi connectivity index (χ2v) is 5.81. The van der Waals surface area contributed by atoms with Gasteiger partial charge in [-0.25, -0.2) is 4.98 Å². The Morgan fingerprint density at radius 2 is 1.56 bits per heavy atom. The fourth-order valence-electron chi connectivity index (χ4n) is 1.66. The molecule has 4 heteroatoms. The van der Waals surface area contributed by atoms with E-state index in [0.29, 0.717) is 5.88 Å². The fourth-order valence-corrected chi connectivity index (χ4v) is 2.21. The third-order valence-corrected chi connectivity index (χ3v) is 4.89. The molecule has 2 nitrogen and oxygen atoms in total. The van der Waals surface area contributed by atoms with Gasteiger partial charge in [-0.3, -0.25) is 0 Å². The number of rotatable bonds is 2. The Balaban J connectivity index is 2.37. The van der Waals surface area contributed by atoms with Gasteiger partial charge in [-0.1, -0.05) is 15.9 Å². The number of hydrogen-bond acceptors (Lipinski definition) is 2. The lowest BCUT2D eigenvalue weighted by Crippen LogP contribution is -1.92. The van der Waals surface area contributed by atoms with Gasteiger partial charge >= 0.3 is 0 Å². The Bertz CT molecular complexity index is 573. The minimum Gasteiger partial charge on any atom is -0.438 e. The molecule has 1 aromatic heterocycles. The van der Waals surface area contributed by atoms with Crippen molar-refractivity contribution >= 4 is 31.9 Å². The zero-order valence-corrected chi connectivity index (χ0v) is 13.6. The lowest BCUT2D eigenvalue weighted by molar-refractivity contribution is 0.458. The highest BCUT2D eigenvalue weighted by Crippen LogP contribution is 2.32. The molecule has 0 aliphatic carbocycles. The van der Waals surface area contributed by atoms with Crippen molar-refractivity contribution in [2.24, 2.45) is 0 Å². The van der Waals surface area contributed by atoms with Gasteiger partial charge in [-0.2, -0.15) is 0 Å². The quantitative estimate of drug-likeness (QED) is 0.713. The van der Waals surface area contributed by atoms with E-state index in [0.717, 1.165) is 31.4 Å². The maximum Gasteiger partial charge on any atom is 0.233 e. The maximum atomic E-state index is 5.83. The summed E-state index contributed by atoms with van der Waals surface area (Å²) in [5.41, 5.74) is 3.40. The summed E-state index contributed by atoms with van der Waals surface area (Å²) in [6.45, 7) is 6.10. The Kier molecular flexibility index (Phi) is 4.07. The summed E-state index contributed by atoms with van der Waals surface area (Å²) in [5.74, 6) is 1.39. The molecular formula is C14H13Br2NO. The van der Waals surface area contributed by atoms with Crippen molar-refractivity contribution in [2.75, 3.05) is 0 Å². The van der Waals surface area contributed by atoms with Crippen LogP contribution in [0.4, 0.5) is 0 Å². The first kappa shape index (κ1) is 13.6. The van der Waals surface area contributed by atoms with Crippen molar-refractivity contribution in [3.63, 3.8) is 0 Å². The molecule has 0 radical (unpaired) electrons. The van der Waals surface area contributed by atoms with E-state index in [1.165, 1.54) is 0 Å². The average molecular weight is 371 g/mol. The van der Waals surface area contributed by atoms with E-state index in [2.05, 4.69) is 36.8 Å². The minimum atomic E-state index is 0.594. The number of halogens is 2. The third kappa shape index (κ3) is 2.75. The summed E-state index contributed by atoms with van der Waals surface area (Å²) >= 11 is 7.04. The Morgan fingerprint density at radius 3 is 2.17 bits per heavy atom. The Labute approximate surface area is 124 Å². The van der Waals surface area contributed by atoms with Gasteiger partial charge in [0.15, 0.2) is 0 Å². The number of pyridine rings is 1. The molecule has 0 spiro atoms. The van der Waals surface area contributed by atoms with E-state index in [1.807, 2.05) is 39.0 Å². The molecule has 2 rings (SSSR count). The zero-order valence-electron chi connectivity index (χ0n) is 10.4. The van der Waals surface area contributed by atoms with E-state index in [9.17, 15) is 0 Å². The molecule has 0 N–H and O–H groups in total. The maximum absolute atomic E-state index is 5.83. The van der Waals surface area contributed by atoms with Gasteiger partial charge in [-0.15, -0.1) is 0 Å². The molecule has 1 aromatic carbocycles. The topological polar surface area (TPSA) is 22.1 Å². The number of benzene rings is 1. The first-order chi connectivity index (χ1) is 8.49. The first-order valence-electron chi connectivity index (χ1n) is 5.54. The molecule has 0 atom stereocenters. The Hall–Kier alpha value is -0.870. The molecule has 0 fully saturated rings. The van der Waals surface area contributed by atoms with Gasteiger partial charge < -0.3 is 4.74 Å². The van der Waals surface area contributed by atoms with Crippen LogP contribution in [0.2, 0.25) is 0 Å². The highest BCUT2D eigenvalue weighted by molar-refractivity contribution is 9.11. The summed E-state index contributed by atoms with van der Waals surface area (Å²) < 4.78 is 7.84. The van der Waals surface area contributed by atoms with E-state index < -0.39 is 0 Å². The van der Waals surface area contributed by atoms with Crippen molar-refractivity contribution in [3.8, 4) is 11.6 Å². The number of aromatic nitrogens is 1. The SMILES string of the molecule is Cc1cc(Oc2nccc(C)c2Br)cc(C)c1Br. The molecule has 0 bridgehead atoms. The molecule has 2 aromatic rings. The standard InChI is InChI=1S/C14H13Br2NO/c1-8-4-5-17-14(13(8)16)18-11-6-9(2)12(15)10(3)7-11/h4-7H,1-3H3. The summed E-state index contributed by atoms with van der Waals surface area (Å²) in [6.07, 6.45) is 1.74. The predicted octanol–water partition coefficient (Wildman–Crippen LogP) is 5.32. The smallest absolute Gasteiger partial charge is 0.233 e. The van der Waals surface area contributed by atoms with Crippen molar-refractivity contribution in [2.45, 2.75) is 20.8 Å². The van der Waals surface area contributed by atoms with Crippen LogP contribution in [0.3, 0.4) is 0 Å². The summed E-state index contributed by atoms with van der Waals surface area (Å²) in [7, 11) is 0. The van der Waals surface area contributed by atoms with Crippen LogP contribution in [-0.4, -0.2) is 4.98 Å². The van der Waals surface area contributed by atoms with Crippen LogP contribution < -0.4 is 4.74 Å². The molecule has 1 heterocycles.